The summed E-state index contributed by atoms with van der Waals surface area (Å²) < 4.78 is 5.30. The predicted octanol–water partition coefficient (Wildman–Crippen LogP) is 2.45. The third-order valence-electron chi connectivity index (χ3n) is 3.56. The van der Waals surface area contributed by atoms with Crippen LogP contribution in [0.5, 0.6) is 5.75 Å². The van der Waals surface area contributed by atoms with Crippen LogP contribution >= 0.6 is 0 Å². The van der Waals surface area contributed by atoms with Crippen molar-refractivity contribution in [1.82, 2.24) is 20.6 Å². The Morgan fingerprint density at radius 2 is 2.08 bits per heavy atom. The standard InChI is InChI=1S/C17H17N5O2/c1-24-15-8-3-2-5-12(15)9-10-16(23)18-14-7-4-6-13(11-14)17-19-21-22-20-17/h2-8,11H,9-10H2,1H3,(H,18,23)(H,19,20,21,22). The summed E-state index contributed by atoms with van der Waals surface area (Å²) >= 11 is 0. The van der Waals surface area contributed by atoms with Crippen LogP contribution in [-0.4, -0.2) is 33.6 Å². The van der Waals surface area contributed by atoms with Crippen LogP contribution in [0.3, 0.4) is 0 Å². The highest BCUT2D eigenvalue weighted by Gasteiger charge is 2.08. The molecule has 7 heteroatoms. The van der Waals surface area contributed by atoms with E-state index in [1.54, 1.807) is 7.11 Å². The molecular weight excluding hydrogens is 306 g/mol. The van der Waals surface area contributed by atoms with E-state index in [0.29, 0.717) is 24.4 Å². The van der Waals surface area contributed by atoms with Gasteiger partial charge in [0.15, 0.2) is 0 Å². The van der Waals surface area contributed by atoms with Gasteiger partial charge in [0.2, 0.25) is 11.7 Å². The second-order valence-electron chi connectivity index (χ2n) is 5.18. The summed E-state index contributed by atoms with van der Waals surface area (Å²) in [6.07, 6.45) is 0.979. The first kappa shape index (κ1) is 15.7. The molecule has 2 N–H and O–H groups in total. The molecule has 0 atom stereocenters. The van der Waals surface area contributed by atoms with Gasteiger partial charge in [-0.3, -0.25) is 4.79 Å². The number of aryl methyl sites for hydroxylation is 1. The van der Waals surface area contributed by atoms with E-state index in [-0.39, 0.29) is 5.91 Å². The number of aromatic nitrogens is 4. The van der Waals surface area contributed by atoms with Crippen LogP contribution in [0.4, 0.5) is 5.69 Å². The molecule has 1 aromatic heterocycles. The van der Waals surface area contributed by atoms with E-state index >= 15 is 0 Å². The molecule has 3 rings (SSSR count). The SMILES string of the molecule is COc1ccccc1CCC(=O)Nc1cccc(-c2nn[nH]n2)c1. The topological polar surface area (TPSA) is 92.8 Å². The number of H-pyrrole nitrogens is 1. The number of nitrogens with zero attached hydrogens (tertiary/aromatic N) is 3. The van der Waals surface area contributed by atoms with Crippen LogP contribution in [0.25, 0.3) is 11.4 Å². The number of rotatable bonds is 6. The highest BCUT2D eigenvalue weighted by atomic mass is 16.5. The molecular formula is C17H17N5O2. The fourth-order valence-corrected chi connectivity index (χ4v) is 2.40. The predicted molar refractivity (Wildman–Crippen MR) is 89.6 cm³/mol. The zero-order chi connectivity index (χ0) is 16.8. The minimum absolute atomic E-state index is 0.0637. The van der Waals surface area contributed by atoms with E-state index in [4.69, 9.17) is 4.74 Å². The number of para-hydroxylation sites is 1. The van der Waals surface area contributed by atoms with Gasteiger partial charge in [0.1, 0.15) is 5.75 Å². The highest BCUT2D eigenvalue weighted by Crippen LogP contribution is 2.20. The number of amides is 1. The number of hydrogen-bond acceptors (Lipinski definition) is 5. The van der Waals surface area contributed by atoms with Gasteiger partial charge in [-0.25, -0.2) is 0 Å². The van der Waals surface area contributed by atoms with Crippen molar-refractivity contribution < 1.29 is 9.53 Å². The van der Waals surface area contributed by atoms with Gasteiger partial charge in [0.25, 0.3) is 0 Å². The number of nitrogens with one attached hydrogen (secondary N) is 2. The van der Waals surface area contributed by atoms with Gasteiger partial charge in [0.05, 0.1) is 7.11 Å². The van der Waals surface area contributed by atoms with Crippen LogP contribution in [0.2, 0.25) is 0 Å². The molecule has 122 valence electrons. The summed E-state index contributed by atoms with van der Waals surface area (Å²) in [6, 6.07) is 15.0. The molecule has 0 fully saturated rings. The molecule has 1 amide bonds. The summed E-state index contributed by atoms with van der Waals surface area (Å²) in [5.41, 5.74) is 2.49. The molecule has 0 saturated heterocycles. The summed E-state index contributed by atoms with van der Waals surface area (Å²) in [7, 11) is 1.63. The van der Waals surface area contributed by atoms with Crippen LogP contribution in [0, 0.1) is 0 Å². The number of benzene rings is 2. The lowest BCUT2D eigenvalue weighted by Crippen LogP contribution is -2.12. The molecule has 0 aliphatic rings. The van der Waals surface area contributed by atoms with Crippen molar-refractivity contribution >= 4 is 11.6 Å². The minimum atomic E-state index is -0.0637. The molecule has 0 aliphatic heterocycles. The Morgan fingerprint density at radius 1 is 1.21 bits per heavy atom. The summed E-state index contributed by atoms with van der Waals surface area (Å²) in [6.45, 7) is 0. The van der Waals surface area contributed by atoms with Crippen molar-refractivity contribution in [1.29, 1.82) is 0 Å². The van der Waals surface area contributed by atoms with E-state index in [0.717, 1.165) is 16.9 Å². The molecule has 1 heterocycles. The number of ether oxygens (including phenoxy) is 1. The largest absolute Gasteiger partial charge is 0.496 e. The quantitative estimate of drug-likeness (QED) is 0.727. The van der Waals surface area contributed by atoms with Crippen LogP contribution in [0.1, 0.15) is 12.0 Å². The first-order valence-corrected chi connectivity index (χ1v) is 7.52. The van der Waals surface area contributed by atoms with Gasteiger partial charge in [-0.15, -0.1) is 10.2 Å². The van der Waals surface area contributed by atoms with Crippen LogP contribution < -0.4 is 10.1 Å². The normalized spacial score (nSPS) is 10.4. The molecule has 0 unspecified atom stereocenters. The summed E-state index contributed by atoms with van der Waals surface area (Å²) in [5, 5.41) is 16.7. The third kappa shape index (κ3) is 3.75. The zero-order valence-electron chi connectivity index (χ0n) is 13.2. The summed E-state index contributed by atoms with van der Waals surface area (Å²) in [4.78, 5) is 12.2. The molecule has 0 saturated carbocycles. The van der Waals surface area contributed by atoms with Crippen molar-refractivity contribution in [3.8, 4) is 17.1 Å². The number of hydrogen-bond donors (Lipinski definition) is 2. The fraction of sp³-hybridized carbons (Fsp3) is 0.176. The maximum atomic E-state index is 12.2. The minimum Gasteiger partial charge on any atom is -0.496 e. The maximum absolute atomic E-state index is 12.2. The molecule has 2 aromatic carbocycles. The van der Waals surface area contributed by atoms with E-state index < -0.39 is 0 Å². The third-order valence-corrected chi connectivity index (χ3v) is 3.56. The van der Waals surface area contributed by atoms with Crippen LogP contribution in [-0.2, 0) is 11.2 Å². The lowest BCUT2D eigenvalue weighted by molar-refractivity contribution is -0.116. The molecule has 0 spiro atoms. The Balaban J connectivity index is 1.62. The van der Waals surface area contributed by atoms with E-state index in [9.17, 15) is 4.79 Å². The number of aromatic amines is 1. The molecule has 0 bridgehead atoms. The Kier molecular flexibility index (Phi) is 4.81. The van der Waals surface area contributed by atoms with Crippen LogP contribution in [0.15, 0.2) is 48.5 Å². The van der Waals surface area contributed by atoms with E-state index in [1.165, 1.54) is 0 Å². The van der Waals surface area contributed by atoms with E-state index in [2.05, 4.69) is 25.9 Å². The molecule has 7 nitrogen and oxygen atoms in total. The monoisotopic (exact) mass is 323 g/mol. The number of carbonyl (C=O) groups excluding carboxylic acids is 1. The fourth-order valence-electron chi connectivity index (χ4n) is 2.40. The van der Waals surface area contributed by atoms with Crippen molar-refractivity contribution in [2.45, 2.75) is 12.8 Å². The lowest BCUT2D eigenvalue weighted by Gasteiger charge is -2.09. The molecule has 0 aliphatic carbocycles. The number of methoxy groups -OCH3 is 1. The van der Waals surface area contributed by atoms with Gasteiger partial charge >= 0.3 is 0 Å². The number of carbonyl (C=O) groups is 1. The van der Waals surface area contributed by atoms with Gasteiger partial charge in [0, 0.05) is 17.7 Å². The second kappa shape index (κ2) is 7.36. The Bertz CT molecular complexity index is 817. The van der Waals surface area contributed by atoms with Crippen molar-refractivity contribution in [3.63, 3.8) is 0 Å². The first-order valence-electron chi connectivity index (χ1n) is 7.52. The van der Waals surface area contributed by atoms with Crippen molar-refractivity contribution in [3.05, 3.63) is 54.1 Å². The first-order chi connectivity index (χ1) is 11.8. The maximum Gasteiger partial charge on any atom is 0.224 e. The van der Waals surface area contributed by atoms with Crippen molar-refractivity contribution in [2.75, 3.05) is 12.4 Å². The smallest absolute Gasteiger partial charge is 0.224 e. The highest BCUT2D eigenvalue weighted by molar-refractivity contribution is 5.91. The van der Waals surface area contributed by atoms with Crippen molar-refractivity contribution in [2.24, 2.45) is 0 Å². The van der Waals surface area contributed by atoms with Gasteiger partial charge in [-0.1, -0.05) is 30.3 Å². The number of anilines is 1. The van der Waals surface area contributed by atoms with Gasteiger partial charge in [-0.2, -0.15) is 5.21 Å². The molecule has 0 radical (unpaired) electrons. The Morgan fingerprint density at radius 3 is 2.88 bits per heavy atom. The van der Waals surface area contributed by atoms with E-state index in [1.807, 2.05) is 48.5 Å². The average Bonchev–Trinajstić information content (AvgIpc) is 3.15. The zero-order valence-corrected chi connectivity index (χ0v) is 13.2. The number of tetrazole rings is 1. The lowest BCUT2D eigenvalue weighted by atomic mass is 10.1. The molecule has 24 heavy (non-hydrogen) atoms. The Hall–Kier alpha value is -3.22. The Labute approximate surface area is 139 Å². The summed E-state index contributed by atoms with van der Waals surface area (Å²) in [5.74, 6) is 1.22. The van der Waals surface area contributed by atoms with Gasteiger partial charge in [-0.05, 0) is 35.4 Å². The molecule has 3 aromatic rings. The van der Waals surface area contributed by atoms with Gasteiger partial charge < -0.3 is 10.1 Å². The second-order valence-corrected chi connectivity index (χ2v) is 5.18. The average molecular weight is 323 g/mol.